The topological polar surface area (TPSA) is 110 Å². The van der Waals surface area contributed by atoms with Crippen LogP contribution in [0.25, 0.3) is 11.4 Å². The fourth-order valence-electron chi connectivity index (χ4n) is 3.04. The third-order valence-corrected chi connectivity index (χ3v) is 4.42. The lowest BCUT2D eigenvalue weighted by molar-refractivity contribution is -0.132. The largest absolute Gasteiger partial charge is 0.336 e. The number of tetrazole rings is 1. The van der Waals surface area contributed by atoms with Crippen LogP contribution in [0.15, 0.2) is 41.5 Å². The van der Waals surface area contributed by atoms with Crippen molar-refractivity contribution in [1.29, 1.82) is 0 Å². The van der Waals surface area contributed by atoms with Crippen molar-refractivity contribution >= 4 is 5.91 Å². The van der Waals surface area contributed by atoms with Gasteiger partial charge >= 0.3 is 0 Å². The number of aromatic amines is 1. The standard InChI is InChI=1S/C17H17N7O2/c25-15(7-9-24-11-18-21-22-24)23-8-6-13-14(10-23)19-16(20-17(13)26)12-4-2-1-3-5-12/h1-5,11H,6-10H2,(H,19,20,26). The number of rotatable bonds is 4. The van der Waals surface area contributed by atoms with E-state index >= 15 is 0 Å². The summed E-state index contributed by atoms with van der Waals surface area (Å²) >= 11 is 0. The maximum atomic E-state index is 12.5. The number of benzene rings is 1. The van der Waals surface area contributed by atoms with E-state index in [0.717, 1.165) is 5.56 Å². The smallest absolute Gasteiger partial charge is 0.254 e. The van der Waals surface area contributed by atoms with Gasteiger partial charge in [0.05, 0.1) is 18.8 Å². The van der Waals surface area contributed by atoms with Crippen molar-refractivity contribution in [2.24, 2.45) is 0 Å². The molecule has 0 aliphatic carbocycles. The molecule has 9 nitrogen and oxygen atoms in total. The van der Waals surface area contributed by atoms with Crippen molar-refractivity contribution in [3.05, 3.63) is 58.3 Å². The molecule has 0 atom stereocenters. The fraction of sp³-hybridized carbons (Fsp3) is 0.294. The molecule has 0 saturated heterocycles. The number of nitrogens with zero attached hydrogens (tertiary/aromatic N) is 6. The van der Waals surface area contributed by atoms with E-state index in [1.165, 1.54) is 11.0 Å². The molecule has 9 heteroatoms. The number of carbonyl (C=O) groups is 1. The van der Waals surface area contributed by atoms with Crippen LogP contribution in [0, 0.1) is 0 Å². The molecule has 4 rings (SSSR count). The zero-order valence-electron chi connectivity index (χ0n) is 14.0. The monoisotopic (exact) mass is 351 g/mol. The Labute approximate surface area is 148 Å². The van der Waals surface area contributed by atoms with Crippen LogP contribution in [-0.4, -0.2) is 47.5 Å². The molecule has 0 unspecified atom stereocenters. The zero-order chi connectivity index (χ0) is 17.9. The van der Waals surface area contributed by atoms with Crippen LogP contribution in [0.2, 0.25) is 0 Å². The van der Waals surface area contributed by atoms with Gasteiger partial charge in [0.25, 0.3) is 5.56 Å². The summed E-state index contributed by atoms with van der Waals surface area (Å²) in [6.07, 6.45) is 2.28. The number of carbonyl (C=O) groups excluding carboxylic acids is 1. The maximum Gasteiger partial charge on any atom is 0.254 e. The number of aromatic nitrogens is 6. The second kappa shape index (κ2) is 6.87. The van der Waals surface area contributed by atoms with Gasteiger partial charge in [0.1, 0.15) is 12.2 Å². The Morgan fingerprint density at radius 2 is 2.08 bits per heavy atom. The van der Waals surface area contributed by atoms with Crippen LogP contribution in [0.1, 0.15) is 17.7 Å². The zero-order valence-corrected chi connectivity index (χ0v) is 14.0. The third kappa shape index (κ3) is 3.23. The molecule has 0 radical (unpaired) electrons. The number of nitrogens with one attached hydrogen (secondary N) is 1. The normalized spacial score (nSPS) is 13.5. The second-order valence-electron chi connectivity index (χ2n) is 6.09. The molecule has 0 bridgehead atoms. The first-order chi connectivity index (χ1) is 12.7. The minimum absolute atomic E-state index is 0.00510. The lowest BCUT2D eigenvalue weighted by Crippen LogP contribution is -2.39. The van der Waals surface area contributed by atoms with E-state index in [2.05, 4.69) is 25.5 Å². The highest BCUT2D eigenvalue weighted by atomic mass is 16.2. The van der Waals surface area contributed by atoms with E-state index in [0.29, 0.717) is 49.6 Å². The molecule has 1 aliphatic rings. The molecule has 0 spiro atoms. The Morgan fingerprint density at radius 1 is 1.23 bits per heavy atom. The molecule has 3 aromatic rings. The summed E-state index contributed by atoms with van der Waals surface area (Å²) in [6, 6.07) is 9.48. The highest BCUT2D eigenvalue weighted by Gasteiger charge is 2.24. The summed E-state index contributed by atoms with van der Waals surface area (Å²) in [6.45, 7) is 1.28. The quantitative estimate of drug-likeness (QED) is 0.728. The van der Waals surface area contributed by atoms with Gasteiger partial charge in [-0.3, -0.25) is 9.59 Å². The first-order valence-electron chi connectivity index (χ1n) is 8.37. The lowest BCUT2D eigenvalue weighted by Gasteiger charge is -2.28. The van der Waals surface area contributed by atoms with Crippen molar-refractivity contribution in [2.75, 3.05) is 6.54 Å². The van der Waals surface area contributed by atoms with E-state index < -0.39 is 0 Å². The molecule has 1 aromatic carbocycles. The Balaban J connectivity index is 1.53. The van der Waals surface area contributed by atoms with Crippen LogP contribution in [0.5, 0.6) is 0 Å². The Morgan fingerprint density at radius 3 is 2.85 bits per heavy atom. The number of hydrogen-bond donors (Lipinski definition) is 1. The van der Waals surface area contributed by atoms with Gasteiger partial charge in [-0.2, -0.15) is 0 Å². The minimum Gasteiger partial charge on any atom is -0.336 e. The molecule has 1 amide bonds. The lowest BCUT2D eigenvalue weighted by atomic mass is 10.1. The van der Waals surface area contributed by atoms with E-state index in [1.54, 1.807) is 4.90 Å². The van der Waals surface area contributed by atoms with E-state index in [4.69, 9.17) is 0 Å². The molecule has 3 heterocycles. The highest BCUT2D eigenvalue weighted by molar-refractivity contribution is 5.76. The molecular weight excluding hydrogens is 334 g/mol. The van der Waals surface area contributed by atoms with Crippen molar-refractivity contribution in [2.45, 2.75) is 25.9 Å². The number of aryl methyl sites for hydroxylation is 1. The van der Waals surface area contributed by atoms with Crippen LogP contribution in [0.4, 0.5) is 0 Å². The molecule has 132 valence electrons. The van der Waals surface area contributed by atoms with Gasteiger partial charge in [-0.15, -0.1) is 5.10 Å². The molecule has 1 N–H and O–H groups in total. The van der Waals surface area contributed by atoms with Gasteiger partial charge in [-0.05, 0) is 16.8 Å². The second-order valence-corrected chi connectivity index (χ2v) is 6.09. The predicted molar refractivity (Wildman–Crippen MR) is 91.8 cm³/mol. The molecule has 1 aliphatic heterocycles. The minimum atomic E-state index is -0.130. The van der Waals surface area contributed by atoms with Crippen molar-refractivity contribution in [3.8, 4) is 11.4 Å². The highest BCUT2D eigenvalue weighted by Crippen LogP contribution is 2.19. The summed E-state index contributed by atoms with van der Waals surface area (Å²) < 4.78 is 1.52. The van der Waals surface area contributed by atoms with Crippen molar-refractivity contribution in [3.63, 3.8) is 0 Å². The van der Waals surface area contributed by atoms with Crippen LogP contribution in [-0.2, 0) is 24.3 Å². The Hall–Kier alpha value is -3.36. The van der Waals surface area contributed by atoms with Gasteiger partial charge in [0, 0.05) is 24.1 Å². The summed E-state index contributed by atoms with van der Waals surface area (Å²) in [5.41, 5.74) is 2.04. The van der Waals surface area contributed by atoms with Crippen molar-refractivity contribution in [1.82, 2.24) is 35.1 Å². The third-order valence-electron chi connectivity index (χ3n) is 4.42. The molecule has 0 fully saturated rings. The van der Waals surface area contributed by atoms with E-state index in [9.17, 15) is 9.59 Å². The molecule has 26 heavy (non-hydrogen) atoms. The summed E-state index contributed by atoms with van der Waals surface area (Å²) in [5.74, 6) is 0.520. The van der Waals surface area contributed by atoms with Gasteiger partial charge in [0.15, 0.2) is 0 Å². The van der Waals surface area contributed by atoms with Gasteiger partial charge in [-0.25, -0.2) is 9.67 Å². The number of fused-ring (bicyclic) bond motifs is 1. The van der Waals surface area contributed by atoms with Gasteiger partial charge in [-0.1, -0.05) is 30.3 Å². The number of amides is 1. The van der Waals surface area contributed by atoms with Crippen LogP contribution < -0.4 is 5.56 Å². The van der Waals surface area contributed by atoms with Crippen LogP contribution >= 0.6 is 0 Å². The summed E-state index contributed by atoms with van der Waals surface area (Å²) in [4.78, 5) is 34.0. The van der Waals surface area contributed by atoms with Crippen molar-refractivity contribution < 1.29 is 4.79 Å². The first-order valence-corrected chi connectivity index (χ1v) is 8.37. The van der Waals surface area contributed by atoms with E-state index in [1.807, 2.05) is 30.3 Å². The molecular formula is C17H17N7O2. The fourth-order valence-corrected chi connectivity index (χ4v) is 3.04. The van der Waals surface area contributed by atoms with Gasteiger partial charge < -0.3 is 9.88 Å². The molecule has 2 aromatic heterocycles. The van der Waals surface area contributed by atoms with Crippen LogP contribution in [0.3, 0.4) is 0 Å². The van der Waals surface area contributed by atoms with E-state index in [-0.39, 0.29) is 11.5 Å². The Bertz CT molecular complexity index is 967. The summed E-state index contributed by atoms with van der Waals surface area (Å²) in [5, 5.41) is 10.9. The first kappa shape index (κ1) is 16.1. The van der Waals surface area contributed by atoms with Gasteiger partial charge in [0.2, 0.25) is 5.91 Å². The SMILES string of the molecule is O=C(CCn1cnnn1)N1CCc2c(nc(-c3ccccc3)[nH]c2=O)C1. The number of hydrogen-bond acceptors (Lipinski definition) is 6. The summed E-state index contributed by atoms with van der Waals surface area (Å²) in [7, 11) is 0. The molecule has 0 saturated carbocycles. The Kier molecular flexibility index (Phi) is 4.26. The average molecular weight is 351 g/mol. The maximum absolute atomic E-state index is 12.5. The number of H-pyrrole nitrogens is 1. The predicted octanol–water partition coefficient (Wildman–Crippen LogP) is 0.398. The average Bonchev–Trinajstić information content (AvgIpc) is 3.20.